The fraction of sp³-hybridized carbons (Fsp3) is 0.417. The van der Waals surface area contributed by atoms with Crippen molar-refractivity contribution < 1.29 is 13.2 Å². The Morgan fingerprint density at radius 2 is 2.00 bits per heavy atom. The Balaban J connectivity index is 2.08. The second kappa shape index (κ2) is 5.28. The number of aromatic nitrogens is 2. The average Bonchev–Trinajstić information content (AvgIpc) is 2.59. The van der Waals surface area contributed by atoms with E-state index in [1.165, 1.54) is 0 Å². The maximum atomic E-state index is 12.0. The molecule has 0 saturated carbocycles. The first kappa shape index (κ1) is 14.0. The fourth-order valence-electron chi connectivity index (χ4n) is 1.94. The van der Waals surface area contributed by atoms with Crippen LogP contribution < -0.4 is 5.73 Å². The number of rotatable bonds is 4. The number of halogens is 4. The standard InChI is InChI=1S/C12H13ClF3N3/c13-8-3-4-9-10(7-8)19(11(17)18-9)6-2-1-5-12(14,15)16/h3-4,7H,1-2,5-6H2,(H2,17,18). The van der Waals surface area contributed by atoms with Crippen LogP contribution in [0.4, 0.5) is 19.1 Å². The van der Waals surface area contributed by atoms with Gasteiger partial charge in [-0.15, -0.1) is 0 Å². The summed E-state index contributed by atoms with van der Waals surface area (Å²) < 4.78 is 37.8. The van der Waals surface area contributed by atoms with Gasteiger partial charge in [-0.3, -0.25) is 0 Å². The summed E-state index contributed by atoms with van der Waals surface area (Å²) in [6.07, 6.45) is -4.42. The Bertz CT molecular complexity index is 577. The molecule has 0 bridgehead atoms. The minimum absolute atomic E-state index is 0.0726. The van der Waals surface area contributed by atoms with Gasteiger partial charge in [0.15, 0.2) is 0 Å². The highest BCUT2D eigenvalue weighted by Gasteiger charge is 2.25. The van der Waals surface area contributed by atoms with Gasteiger partial charge in [-0.25, -0.2) is 4.98 Å². The van der Waals surface area contributed by atoms with Crippen LogP contribution in [-0.2, 0) is 6.54 Å². The van der Waals surface area contributed by atoms with Crippen molar-refractivity contribution in [3.05, 3.63) is 23.2 Å². The fourth-order valence-corrected chi connectivity index (χ4v) is 2.11. The van der Waals surface area contributed by atoms with E-state index >= 15 is 0 Å². The number of imidazole rings is 1. The minimum Gasteiger partial charge on any atom is -0.369 e. The van der Waals surface area contributed by atoms with Crippen molar-refractivity contribution in [2.75, 3.05) is 5.73 Å². The summed E-state index contributed by atoms with van der Waals surface area (Å²) in [6.45, 7) is 0.402. The van der Waals surface area contributed by atoms with Gasteiger partial charge >= 0.3 is 6.18 Å². The maximum Gasteiger partial charge on any atom is 0.389 e. The molecule has 0 radical (unpaired) electrons. The predicted molar refractivity (Wildman–Crippen MR) is 69.1 cm³/mol. The minimum atomic E-state index is -4.11. The SMILES string of the molecule is Nc1nc2ccc(Cl)cc2n1CCCCC(F)(F)F. The number of hydrogen-bond donors (Lipinski definition) is 1. The van der Waals surface area contributed by atoms with E-state index in [2.05, 4.69) is 4.98 Å². The Kier molecular flexibility index (Phi) is 3.89. The van der Waals surface area contributed by atoms with Crippen molar-refractivity contribution in [3.63, 3.8) is 0 Å². The number of hydrogen-bond acceptors (Lipinski definition) is 2. The number of benzene rings is 1. The molecular weight excluding hydrogens is 279 g/mol. The molecule has 19 heavy (non-hydrogen) atoms. The van der Waals surface area contributed by atoms with Crippen LogP contribution in [-0.4, -0.2) is 15.7 Å². The number of fused-ring (bicyclic) bond motifs is 1. The molecule has 3 nitrogen and oxygen atoms in total. The third-order valence-electron chi connectivity index (χ3n) is 2.83. The monoisotopic (exact) mass is 291 g/mol. The Labute approximate surface area is 113 Å². The topological polar surface area (TPSA) is 43.8 Å². The first-order valence-corrected chi connectivity index (χ1v) is 6.22. The van der Waals surface area contributed by atoms with E-state index in [0.29, 0.717) is 29.5 Å². The molecule has 0 atom stereocenters. The summed E-state index contributed by atoms with van der Waals surface area (Å²) in [5.74, 6) is 0.296. The van der Waals surface area contributed by atoms with Crippen molar-refractivity contribution in [2.45, 2.75) is 32.0 Å². The van der Waals surface area contributed by atoms with E-state index in [1.54, 1.807) is 22.8 Å². The number of aryl methyl sites for hydroxylation is 1. The van der Waals surface area contributed by atoms with Crippen LogP contribution in [0.15, 0.2) is 18.2 Å². The number of nitrogens with zero attached hydrogens (tertiary/aromatic N) is 2. The van der Waals surface area contributed by atoms with Gasteiger partial charge in [-0.05, 0) is 31.0 Å². The molecule has 0 saturated heterocycles. The van der Waals surface area contributed by atoms with Gasteiger partial charge in [0.05, 0.1) is 11.0 Å². The highest BCUT2D eigenvalue weighted by molar-refractivity contribution is 6.31. The van der Waals surface area contributed by atoms with Crippen LogP contribution in [0, 0.1) is 0 Å². The second-order valence-corrected chi connectivity index (χ2v) is 4.76. The third kappa shape index (κ3) is 3.53. The zero-order chi connectivity index (χ0) is 14.0. The van der Waals surface area contributed by atoms with Crippen molar-refractivity contribution in [2.24, 2.45) is 0 Å². The van der Waals surface area contributed by atoms with Gasteiger partial charge in [-0.2, -0.15) is 13.2 Å². The number of anilines is 1. The second-order valence-electron chi connectivity index (χ2n) is 4.33. The molecule has 2 N–H and O–H groups in total. The summed E-state index contributed by atoms with van der Waals surface area (Å²) >= 11 is 5.89. The third-order valence-corrected chi connectivity index (χ3v) is 3.07. The Hall–Kier alpha value is -1.43. The van der Waals surface area contributed by atoms with E-state index in [0.717, 1.165) is 5.52 Å². The van der Waals surface area contributed by atoms with E-state index in [1.807, 2.05) is 0 Å². The van der Waals surface area contributed by atoms with E-state index in [9.17, 15) is 13.2 Å². The highest BCUT2D eigenvalue weighted by Crippen LogP contribution is 2.25. The zero-order valence-corrected chi connectivity index (χ0v) is 10.8. The summed E-state index contributed by atoms with van der Waals surface area (Å²) in [4.78, 5) is 4.14. The Morgan fingerprint density at radius 1 is 1.26 bits per heavy atom. The van der Waals surface area contributed by atoms with Crippen LogP contribution in [0.2, 0.25) is 5.02 Å². The summed E-state index contributed by atoms with van der Waals surface area (Å²) in [6, 6.07) is 5.15. The zero-order valence-electron chi connectivity index (χ0n) is 10.0. The van der Waals surface area contributed by atoms with Gasteiger partial charge < -0.3 is 10.3 Å². The molecule has 7 heteroatoms. The van der Waals surface area contributed by atoms with Gasteiger partial charge in [0.25, 0.3) is 0 Å². The first-order valence-electron chi connectivity index (χ1n) is 5.85. The molecule has 104 valence electrons. The molecule has 0 amide bonds. The van der Waals surface area contributed by atoms with Crippen LogP contribution in [0.1, 0.15) is 19.3 Å². The Morgan fingerprint density at radius 3 is 2.68 bits per heavy atom. The average molecular weight is 292 g/mol. The quantitative estimate of drug-likeness (QED) is 0.865. The van der Waals surface area contributed by atoms with Gasteiger partial charge in [0.1, 0.15) is 0 Å². The molecule has 0 fully saturated rings. The van der Waals surface area contributed by atoms with Crippen molar-refractivity contribution in [1.82, 2.24) is 9.55 Å². The van der Waals surface area contributed by atoms with Gasteiger partial charge in [0, 0.05) is 18.0 Å². The van der Waals surface area contributed by atoms with Crippen molar-refractivity contribution in [3.8, 4) is 0 Å². The molecule has 2 aromatic rings. The smallest absolute Gasteiger partial charge is 0.369 e. The van der Waals surface area contributed by atoms with E-state index < -0.39 is 12.6 Å². The molecule has 0 aliphatic carbocycles. The molecule has 0 unspecified atom stereocenters. The largest absolute Gasteiger partial charge is 0.389 e. The highest BCUT2D eigenvalue weighted by atomic mass is 35.5. The molecule has 0 spiro atoms. The summed E-state index contributed by atoms with van der Waals surface area (Å²) in [5.41, 5.74) is 7.20. The van der Waals surface area contributed by atoms with Crippen molar-refractivity contribution >= 4 is 28.6 Å². The lowest BCUT2D eigenvalue weighted by atomic mass is 10.2. The molecule has 0 aliphatic rings. The normalized spacial score (nSPS) is 12.2. The molecular formula is C12H13ClF3N3. The lowest BCUT2D eigenvalue weighted by Crippen LogP contribution is -2.08. The van der Waals surface area contributed by atoms with E-state index in [-0.39, 0.29) is 6.42 Å². The molecule has 1 heterocycles. The number of unbranched alkanes of at least 4 members (excludes halogenated alkanes) is 1. The lowest BCUT2D eigenvalue weighted by Gasteiger charge is -2.08. The van der Waals surface area contributed by atoms with Crippen LogP contribution in [0.5, 0.6) is 0 Å². The lowest BCUT2D eigenvalue weighted by molar-refractivity contribution is -0.135. The van der Waals surface area contributed by atoms with E-state index in [4.69, 9.17) is 17.3 Å². The molecule has 1 aromatic carbocycles. The molecule has 1 aromatic heterocycles. The van der Waals surface area contributed by atoms with Crippen LogP contribution in [0.25, 0.3) is 11.0 Å². The maximum absolute atomic E-state index is 12.0. The van der Waals surface area contributed by atoms with Crippen LogP contribution >= 0.6 is 11.6 Å². The molecule has 2 rings (SSSR count). The predicted octanol–water partition coefficient (Wildman–Crippen LogP) is 4.00. The van der Waals surface area contributed by atoms with Gasteiger partial charge in [0.2, 0.25) is 5.95 Å². The van der Waals surface area contributed by atoms with Crippen molar-refractivity contribution in [1.29, 1.82) is 0 Å². The summed E-state index contributed by atoms with van der Waals surface area (Å²) in [5, 5.41) is 0.545. The van der Waals surface area contributed by atoms with Gasteiger partial charge in [-0.1, -0.05) is 11.6 Å². The molecule has 0 aliphatic heterocycles. The number of nitrogens with two attached hydrogens (primary N) is 1. The summed E-state index contributed by atoms with van der Waals surface area (Å²) in [7, 11) is 0. The first-order chi connectivity index (χ1) is 8.87. The number of nitrogen functional groups attached to an aromatic ring is 1. The van der Waals surface area contributed by atoms with Crippen LogP contribution in [0.3, 0.4) is 0 Å². The number of alkyl halides is 3.